The fourth-order valence-corrected chi connectivity index (χ4v) is 5.66. The number of furan rings is 1. The highest BCUT2D eigenvalue weighted by atomic mass is 35.5. The van der Waals surface area contributed by atoms with Crippen LogP contribution in [0.4, 0.5) is 14.5 Å². The van der Waals surface area contributed by atoms with Gasteiger partial charge in [0, 0.05) is 23.7 Å². The van der Waals surface area contributed by atoms with Crippen LogP contribution in [0.2, 0.25) is 5.02 Å². The fraction of sp³-hybridized carbons (Fsp3) is 0.214. The molecule has 9 nitrogen and oxygen atoms in total. The zero-order chi connectivity index (χ0) is 29.4. The lowest BCUT2D eigenvalue weighted by Gasteiger charge is -2.10. The Balaban J connectivity index is 1.52. The molecule has 0 aliphatic heterocycles. The molecule has 41 heavy (non-hydrogen) atoms. The zero-order valence-electron chi connectivity index (χ0n) is 22.1. The molecule has 2 amide bonds. The smallest absolute Gasteiger partial charge is 0.291 e. The van der Waals surface area contributed by atoms with E-state index in [1.165, 1.54) is 12.1 Å². The van der Waals surface area contributed by atoms with Gasteiger partial charge in [-0.3, -0.25) is 14.3 Å². The van der Waals surface area contributed by atoms with Gasteiger partial charge in [0.25, 0.3) is 18.2 Å². The van der Waals surface area contributed by atoms with Gasteiger partial charge < -0.3 is 20.2 Å². The van der Waals surface area contributed by atoms with E-state index >= 15 is 0 Å². The summed E-state index contributed by atoms with van der Waals surface area (Å²) in [5, 5.41) is 7.85. The average molecular weight is 600 g/mol. The third-order valence-electron chi connectivity index (χ3n) is 6.34. The number of aryl methyl sites for hydroxylation is 3. The number of halogens is 3. The maximum atomic E-state index is 13.8. The lowest BCUT2D eigenvalue weighted by Crippen LogP contribution is -2.16. The minimum absolute atomic E-state index is 0.0109. The Morgan fingerprint density at radius 1 is 1.22 bits per heavy atom. The number of anilines is 1. The average Bonchev–Trinajstić information content (AvgIpc) is 3.65. The predicted molar refractivity (Wildman–Crippen MR) is 152 cm³/mol. The van der Waals surface area contributed by atoms with E-state index in [1.54, 1.807) is 36.0 Å². The highest BCUT2D eigenvalue weighted by molar-refractivity contribution is 7.21. The first-order valence-electron chi connectivity index (χ1n) is 12.4. The molecule has 1 aromatic carbocycles. The summed E-state index contributed by atoms with van der Waals surface area (Å²) in [6, 6.07) is 9.63. The van der Waals surface area contributed by atoms with E-state index in [-0.39, 0.29) is 27.8 Å². The molecule has 13 heteroatoms. The lowest BCUT2D eigenvalue weighted by molar-refractivity contribution is 0.0992. The molecule has 0 radical (unpaired) electrons. The molecule has 0 saturated carbocycles. The van der Waals surface area contributed by atoms with Crippen LogP contribution in [0, 0.1) is 13.8 Å². The van der Waals surface area contributed by atoms with E-state index in [0.717, 1.165) is 16.9 Å². The summed E-state index contributed by atoms with van der Waals surface area (Å²) in [5.41, 5.74) is 7.52. The molecule has 4 aromatic heterocycles. The number of pyridine rings is 1. The number of rotatable bonds is 9. The SMILES string of the molecule is CCn1cc(-c2cc(C(F)F)nc3sc(C(N)=O)c(NC(=O)c4ccc(COc5c(C)cccc5Cl)o4)c23)c(C)n1. The monoisotopic (exact) mass is 599 g/mol. The minimum atomic E-state index is -2.87. The van der Waals surface area contributed by atoms with Crippen molar-refractivity contribution in [1.29, 1.82) is 0 Å². The summed E-state index contributed by atoms with van der Waals surface area (Å²) in [6.45, 7) is 6.05. The van der Waals surface area contributed by atoms with Gasteiger partial charge in [0.2, 0.25) is 0 Å². The lowest BCUT2D eigenvalue weighted by atomic mass is 10.0. The third kappa shape index (κ3) is 5.52. The molecule has 0 aliphatic carbocycles. The number of fused-ring (bicyclic) bond motifs is 1. The first kappa shape index (κ1) is 28.2. The molecule has 4 heterocycles. The first-order valence-corrected chi connectivity index (χ1v) is 13.6. The number of primary amides is 1. The van der Waals surface area contributed by atoms with Crippen molar-refractivity contribution in [3.63, 3.8) is 0 Å². The van der Waals surface area contributed by atoms with Crippen LogP contribution in [-0.2, 0) is 13.2 Å². The van der Waals surface area contributed by atoms with Gasteiger partial charge in [-0.15, -0.1) is 11.3 Å². The molecule has 212 valence electrons. The topological polar surface area (TPSA) is 125 Å². The Kier molecular flexibility index (Phi) is 7.78. The van der Waals surface area contributed by atoms with Crippen LogP contribution in [0.15, 0.2) is 47.0 Å². The predicted octanol–water partition coefficient (Wildman–Crippen LogP) is 6.91. The van der Waals surface area contributed by atoms with Gasteiger partial charge in [-0.25, -0.2) is 13.8 Å². The maximum absolute atomic E-state index is 13.8. The van der Waals surface area contributed by atoms with Crippen LogP contribution in [0.25, 0.3) is 21.3 Å². The Labute approximate surface area is 241 Å². The molecule has 0 unspecified atom stereocenters. The number of benzene rings is 1. The van der Waals surface area contributed by atoms with E-state index in [0.29, 0.717) is 45.3 Å². The number of amides is 2. The second kappa shape index (κ2) is 11.3. The summed E-state index contributed by atoms with van der Waals surface area (Å²) in [4.78, 5) is 29.8. The van der Waals surface area contributed by atoms with Crippen LogP contribution in [0.5, 0.6) is 5.75 Å². The molecule has 3 N–H and O–H groups in total. The van der Waals surface area contributed by atoms with Crippen molar-refractivity contribution >= 4 is 50.7 Å². The molecule has 5 aromatic rings. The highest BCUT2D eigenvalue weighted by Crippen LogP contribution is 2.43. The highest BCUT2D eigenvalue weighted by Gasteiger charge is 2.27. The Morgan fingerprint density at radius 3 is 2.66 bits per heavy atom. The van der Waals surface area contributed by atoms with Crippen molar-refractivity contribution < 1.29 is 27.5 Å². The number of nitrogens with zero attached hydrogens (tertiary/aromatic N) is 3. The molecular weight excluding hydrogens is 576 g/mol. The number of nitrogens with two attached hydrogens (primary N) is 1. The van der Waals surface area contributed by atoms with Crippen LogP contribution in [0.3, 0.4) is 0 Å². The first-order chi connectivity index (χ1) is 19.6. The van der Waals surface area contributed by atoms with Gasteiger partial charge in [0.1, 0.15) is 33.5 Å². The summed E-state index contributed by atoms with van der Waals surface area (Å²) in [7, 11) is 0. The number of aromatic nitrogens is 3. The number of carbonyl (C=O) groups excluding carboxylic acids is 2. The molecule has 5 rings (SSSR count). The van der Waals surface area contributed by atoms with E-state index in [2.05, 4.69) is 15.4 Å². The van der Waals surface area contributed by atoms with E-state index < -0.39 is 23.9 Å². The van der Waals surface area contributed by atoms with E-state index in [4.69, 9.17) is 26.5 Å². The van der Waals surface area contributed by atoms with Gasteiger partial charge in [0.05, 0.1) is 16.4 Å². The van der Waals surface area contributed by atoms with Gasteiger partial charge in [0.15, 0.2) is 5.76 Å². The van der Waals surface area contributed by atoms with Gasteiger partial charge >= 0.3 is 0 Å². The summed E-state index contributed by atoms with van der Waals surface area (Å²) in [5.74, 6) is -0.749. The zero-order valence-corrected chi connectivity index (χ0v) is 23.7. The van der Waals surface area contributed by atoms with Crippen molar-refractivity contribution in [3.8, 4) is 16.9 Å². The standard InChI is InChI=1S/C28H24ClF2N5O4S/c1-4-36-11-17(14(3)35-36)16-10-19(25(30)31)33-28-21(16)22(24(41-28)26(32)37)34-27(38)20-9-8-15(40-20)12-39-23-13(2)6-5-7-18(23)29/h5-11,25H,4,12H2,1-3H3,(H2,32,37)(H,34,38). The second-order valence-electron chi connectivity index (χ2n) is 9.12. The molecule has 0 bridgehead atoms. The molecule has 0 aliphatic rings. The quantitative estimate of drug-likeness (QED) is 0.190. The van der Waals surface area contributed by atoms with Crippen LogP contribution < -0.4 is 15.8 Å². The number of alkyl halides is 2. The van der Waals surface area contributed by atoms with Crippen LogP contribution in [-0.4, -0.2) is 26.6 Å². The molecule has 0 saturated heterocycles. The molecule has 0 atom stereocenters. The van der Waals surface area contributed by atoms with Crippen LogP contribution in [0.1, 0.15) is 56.3 Å². The normalized spacial score (nSPS) is 11.4. The van der Waals surface area contributed by atoms with Crippen molar-refractivity contribution in [2.24, 2.45) is 5.73 Å². The maximum Gasteiger partial charge on any atom is 0.291 e. The third-order valence-corrected chi connectivity index (χ3v) is 7.73. The van der Waals surface area contributed by atoms with Gasteiger partial charge in [-0.2, -0.15) is 5.10 Å². The van der Waals surface area contributed by atoms with Crippen LogP contribution >= 0.6 is 22.9 Å². The summed E-state index contributed by atoms with van der Waals surface area (Å²) < 4.78 is 40.8. The largest absolute Gasteiger partial charge is 0.484 e. The number of ether oxygens (including phenoxy) is 1. The summed E-state index contributed by atoms with van der Waals surface area (Å²) >= 11 is 7.03. The number of hydrogen-bond donors (Lipinski definition) is 2. The second-order valence-corrected chi connectivity index (χ2v) is 10.5. The van der Waals surface area contributed by atoms with E-state index in [9.17, 15) is 18.4 Å². The Morgan fingerprint density at radius 2 is 2.00 bits per heavy atom. The Hall–Kier alpha value is -4.29. The number of nitrogens with one attached hydrogen (secondary N) is 1. The van der Waals surface area contributed by atoms with Gasteiger partial charge in [-0.1, -0.05) is 23.7 Å². The number of thiophene rings is 1. The molecule has 0 spiro atoms. The van der Waals surface area contributed by atoms with Crippen molar-refractivity contribution in [2.75, 3.05) is 5.32 Å². The Bertz CT molecular complexity index is 1780. The van der Waals surface area contributed by atoms with Crippen molar-refractivity contribution in [2.45, 2.75) is 40.3 Å². The molecule has 0 fully saturated rings. The van der Waals surface area contributed by atoms with Gasteiger partial charge in [-0.05, 0) is 56.2 Å². The number of para-hydroxylation sites is 1. The number of hydrogen-bond acceptors (Lipinski definition) is 7. The fourth-order valence-electron chi connectivity index (χ4n) is 4.37. The number of carbonyl (C=O) groups is 2. The van der Waals surface area contributed by atoms with Crippen molar-refractivity contribution in [1.82, 2.24) is 14.8 Å². The molecular formula is C28H24ClF2N5O4S. The van der Waals surface area contributed by atoms with Crippen molar-refractivity contribution in [3.05, 3.63) is 81.0 Å². The van der Waals surface area contributed by atoms with E-state index in [1.807, 2.05) is 19.9 Å². The minimum Gasteiger partial charge on any atom is -0.484 e. The summed E-state index contributed by atoms with van der Waals surface area (Å²) in [6.07, 6.45) is -1.15.